The molecule has 1 aliphatic rings. The van der Waals surface area contributed by atoms with Gasteiger partial charge in [-0.25, -0.2) is 0 Å². The van der Waals surface area contributed by atoms with Crippen LogP contribution in [0.3, 0.4) is 0 Å². The van der Waals surface area contributed by atoms with E-state index in [2.05, 4.69) is 10.6 Å². The minimum absolute atomic E-state index is 0.0126. The van der Waals surface area contributed by atoms with E-state index in [9.17, 15) is 14.4 Å². The van der Waals surface area contributed by atoms with Gasteiger partial charge in [-0.05, 0) is 41.0 Å². The number of ether oxygens (including phenoxy) is 1. The second kappa shape index (κ2) is 10.9. The number of hydrogen-bond donors (Lipinski definition) is 2. The first-order valence-corrected chi connectivity index (χ1v) is 11.5. The summed E-state index contributed by atoms with van der Waals surface area (Å²) in [7, 11) is 0. The lowest BCUT2D eigenvalue weighted by atomic mass is 10.0. The van der Waals surface area contributed by atoms with Gasteiger partial charge in [-0.1, -0.05) is 54.6 Å². The molecule has 176 valence electrons. The third-order valence-corrected chi connectivity index (χ3v) is 5.97. The number of rotatable bonds is 7. The standard InChI is InChI=1S/C27H29N3O4/c1-19(29-25(31)17-23-7-4-6-21-5-2-3-8-24(21)23)26(32)28-18-20-9-11-22(12-10-20)27(33)30-13-15-34-16-14-30/h2-12,19H,13-18H2,1H3,(H,28,32)(H,29,31)/t19-/m1/s1. The molecule has 2 N–H and O–H groups in total. The van der Waals surface area contributed by atoms with Crippen molar-refractivity contribution in [1.29, 1.82) is 0 Å². The Bertz CT molecular complexity index is 1160. The van der Waals surface area contributed by atoms with E-state index < -0.39 is 6.04 Å². The van der Waals surface area contributed by atoms with Gasteiger partial charge in [-0.15, -0.1) is 0 Å². The first-order valence-electron chi connectivity index (χ1n) is 11.5. The fourth-order valence-electron chi connectivity index (χ4n) is 4.03. The number of benzene rings is 3. The van der Waals surface area contributed by atoms with Gasteiger partial charge < -0.3 is 20.3 Å². The molecule has 7 nitrogen and oxygen atoms in total. The fourth-order valence-corrected chi connectivity index (χ4v) is 4.03. The average molecular weight is 460 g/mol. The maximum Gasteiger partial charge on any atom is 0.254 e. The summed E-state index contributed by atoms with van der Waals surface area (Å²) in [5.74, 6) is -0.480. The third-order valence-electron chi connectivity index (χ3n) is 5.97. The zero-order chi connectivity index (χ0) is 23.9. The summed E-state index contributed by atoms with van der Waals surface area (Å²) in [6, 6.07) is 20.3. The second-order valence-corrected chi connectivity index (χ2v) is 8.42. The first-order chi connectivity index (χ1) is 16.5. The zero-order valence-corrected chi connectivity index (χ0v) is 19.3. The van der Waals surface area contributed by atoms with Crippen LogP contribution in [0.25, 0.3) is 10.8 Å². The van der Waals surface area contributed by atoms with Crippen LogP contribution in [0.2, 0.25) is 0 Å². The summed E-state index contributed by atoms with van der Waals surface area (Å²) < 4.78 is 5.29. The number of nitrogens with zero attached hydrogens (tertiary/aromatic N) is 1. The molecule has 34 heavy (non-hydrogen) atoms. The van der Waals surface area contributed by atoms with Gasteiger partial charge >= 0.3 is 0 Å². The highest BCUT2D eigenvalue weighted by molar-refractivity contribution is 5.94. The van der Waals surface area contributed by atoms with Gasteiger partial charge in [0.25, 0.3) is 5.91 Å². The van der Waals surface area contributed by atoms with Crippen LogP contribution in [0.5, 0.6) is 0 Å². The van der Waals surface area contributed by atoms with E-state index in [0.29, 0.717) is 38.4 Å². The van der Waals surface area contributed by atoms with Crippen LogP contribution in [0, 0.1) is 0 Å². The molecule has 3 aromatic carbocycles. The van der Waals surface area contributed by atoms with Crippen LogP contribution in [-0.2, 0) is 27.3 Å². The van der Waals surface area contributed by atoms with Crippen LogP contribution in [-0.4, -0.2) is 55.0 Å². The van der Waals surface area contributed by atoms with E-state index in [-0.39, 0.29) is 24.1 Å². The molecule has 0 spiro atoms. The number of carbonyl (C=O) groups excluding carboxylic acids is 3. The number of morpholine rings is 1. The van der Waals surface area contributed by atoms with Crippen molar-refractivity contribution in [3.8, 4) is 0 Å². The Kier molecular flexibility index (Phi) is 7.54. The molecule has 1 fully saturated rings. The number of nitrogens with one attached hydrogen (secondary N) is 2. The van der Waals surface area contributed by atoms with Crippen LogP contribution in [0.4, 0.5) is 0 Å². The summed E-state index contributed by atoms with van der Waals surface area (Å²) >= 11 is 0. The topological polar surface area (TPSA) is 87.7 Å². The molecule has 0 radical (unpaired) electrons. The SMILES string of the molecule is C[C@@H](NC(=O)Cc1cccc2ccccc12)C(=O)NCc1ccc(C(=O)N2CCOCC2)cc1. The van der Waals surface area contributed by atoms with E-state index >= 15 is 0 Å². The smallest absolute Gasteiger partial charge is 0.254 e. The predicted molar refractivity (Wildman–Crippen MR) is 130 cm³/mol. The van der Waals surface area contributed by atoms with Crippen molar-refractivity contribution in [2.75, 3.05) is 26.3 Å². The maximum atomic E-state index is 12.5. The van der Waals surface area contributed by atoms with Crippen LogP contribution in [0.15, 0.2) is 66.7 Å². The van der Waals surface area contributed by atoms with E-state index in [1.165, 1.54) is 0 Å². The van der Waals surface area contributed by atoms with Crippen molar-refractivity contribution in [1.82, 2.24) is 15.5 Å². The fraction of sp³-hybridized carbons (Fsp3) is 0.296. The molecular weight excluding hydrogens is 430 g/mol. The number of amides is 3. The minimum Gasteiger partial charge on any atom is -0.378 e. The lowest BCUT2D eigenvalue weighted by molar-refractivity contribution is -0.128. The van der Waals surface area contributed by atoms with Crippen molar-refractivity contribution < 1.29 is 19.1 Å². The molecule has 0 aliphatic carbocycles. The Labute approximate surface area is 199 Å². The highest BCUT2D eigenvalue weighted by Gasteiger charge is 2.19. The minimum atomic E-state index is -0.662. The highest BCUT2D eigenvalue weighted by Crippen LogP contribution is 2.19. The van der Waals surface area contributed by atoms with Gasteiger partial charge in [0.2, 0.25) is 11.8 Å². The van der Waals surface area contributed by atoms with E-state index in [1.54, 1.807) is 24.0 Å². The lowest BCUT2D eigenvalue weighted by Gasteiger charge is -2.26. The second-order valence-electron chi connectivity index (χ2n) is 8.42. The summed E-state index contributed by atoms with van der Waals surface area (Å²) in [6.45, 7) is 4.30. The summed E-state index contributed by atoms with van der Waals surface area (Å²) in [6.07, 6.45) is 0.206. The van der Waals surface area contributed by atoms with Gasteiger partial charge in [0.1, 0.15) is 6.04 Å². The molecule has 3 amide bonds. The largest absolute Gasteiger partial charge is 0.378 e. The molecule has 4 rings (SSSR count). The Balaban J connectivity index is 1.26. The van der Waals surface area contributed by atoms with Gasteiger partial charge in [0.15, 0.2) is 0 Å². The van der Waals surface area contributed by atoms with Crippen LogP contribution in [0.1, 0.15) is 28.4 Å². The van der Waals surface area contributed by atoms with E-state index in [0.717, 1.165) is 21.9 Å². The summed E-state index contributed by atoms with van der Waals surface area (Å²) in [4.78, 5) is 39.4. The summed E-state index contributed by atoms with van der Waals surface area (Å²) in [5, 5.41) is 7.74. The molecule has 1 saturated heterocycles. The Morgan fingerprint density at radius 1 is 0.941 bits per heavy atom. The van der Waals surface area contributed by atoms with Gasteiger partial charge in [-0.2, -0.15) is 0 Å². The molecule has 1 aliphatic heterocycles. The lowest BCUT2D eigenvalue weighted by Crippen LogP contribution is -2.45. The van der Waals surface area contributed by atoms with E-state index in [4.69, 9.17) is 4.74 Å². The van der Waals surface area contributed by atoms with Crippen molar-refractivity contribution in [3.63, 3.8) is 0 Å². The molecular formula is C27H29N3O4. The van der Waals surface area contributed by atoms with Crippen molar-refractivity contribution >= 4 is 28.5 Å². The first kappa shape index (κ1) is 23.4. The molecule has 0 unspecified atom stereocenters. The normalized spacial score (nSPS) is 14.4. The zero-order valence-electron chi connectivity index (χ0n) is 19.3. The molecule has 0 aromatic heterocycles. The Morgan fingerprint density at radius 3 is 2.41 bits per heavy atom. The van der Waals surface area contributed by atoms with Gasteiger partial charge in [0.05, 0.1) is 19.6 Å². The van der Waals surface area contributed by atoms with Crippen molar-refractivity contribution in [2.24, 2.45) is 0 Å². The monoisotopic (exact) mass is 459 g/mol. The molecule has 7 heteroatoms. The van der Waals surface area contributed by atoms with Crippen LogP contribution < -0.4 is 10.6 Å². The summed E-state index contributed by atoms with van der Waals surface area (Å²) in [5.41, 5.74) is 2.42. The predicted octanol–water partition coefficient (Wildman–Crippen LogP) is 2.68. The van der Waals surface area contributed by atoms with E-state index in [1.807, 2.05) is 54.6 Å². The van der Waals surface area contributed by atoms with Gasteiger partial charge in [-0.3, -0.25) is 14.4 Å². The number of fused-ring (bicyclic) bond motifs is 1. The Morgan fingerprint density at radius 2 is 1.65 bits per heavy atom. The van der Waals surface area contributed by atoms with Crippen molar-refractivity contribution in [2.45, 2.75) is 25.9 Å². The van der Waals surface area contributed by atoms with Crippen LogP contribution >= 0.6 is 0 Å². The molecule has 0 bridgehead atoms. The molecule has 1 atom stereocenters. The molecule has 0 saturated carbocycles. The molecule has 1 heterocycles. The quantitative estimate of drug-likeness (QED) is 0.569. The maximum absolute atomic E-state index is 12.5. The Hall–Kier alpha value is -3.71. The van der Waals surface area contributed by atoms with Gasteiger partial charge in [0, 0.05) is 25.2 Å². The third kappa shape index (κ3) is 5.80. The number of hydrogen-bond acceptors (Lipinski definition) is 4. The average Bonchev–Trinajstić information content (AvgIpc) is 2.88. The van der Waals surface area contributed by atoms with Crippen molar-refractivity contribution in [3.05, 3.63) is 83.4 Å². The number of carbonyl (C=O) groups is 3. The highest BCUT2D eigenvalue weighted by atomic mass is 16.5. The molecule has 3 aromatic rings.